The lowest BCUT2D eigenvalue weighted by Gasteiger charge is -2.34. The van der Waals surface area contributed by atoms with E-state index in [1.807, 2.05) is 16.7 Å². The van der Waals surface area contributed by atoms with E-state index in [0.717, 1.165) is 44.5 Å². The fourth-order valence-electron chi connectivity index (χ4n) is 3.31. The Morgan fingerprint density at radius 3 is 2.43 bits per heavy atom. The highest BCUT2D eigenvalue weighted by Gasteiger charge is 2.28. The normalized spacial score (nSPS) is 19.0. The highest BCUT2D eigenvalue weighted by molar-refractivity contribution is 5.95. The Kier molecular flexibility index (Phi) is 4.79. The molecule has 3 amide bonds. The summed E-state index contributed by atoms with van der Waals surface area (Å²) >= 11 is 0. The molecule has 6 nitrogen and oxygen atoms in total. The van der Waals surface area contributed by atoms with Gasteiger partial charge in [0.05, 0.1) is 5.56 Å². The Hall–Kier alpha value is -2.11. The van der Waals surface area contributed by atoms with Gasteiger partial charge in [-0.15, -0.1) is 0 Å². The van der Waals surface area contributed by atoms with Gasteiger partial charge in [-0.05, 0) is 44.7 Å². The molecule has 2 aliphatic heterocycles. The number of nitrogens with one attached hydrogen (secondary N) is 1. The largest absolute Gasteiger partial charge is 0.349 e. The maximum Gasteiger partial charge on any atom is 0.319 e. The zero-order valence-corrected chi connectivity index (χ0v) is 13.6. The van der Waals surface area contributed by atoms with Crippen LogP contribution in [-0.2, 0) is 0 Å². The van der Waals surface area contributed by atoms with Crippen LogP contribution in [0.2, 0.25) is 0 Å². The summed E-state index contributed by atoms with van der Waals surface area (Å²) in [7, 11) is 0. The van der Waals surface area contributed by atoms with Gasteiger partial charge in [0.1, 0.15) is 0 Å². The van der Waals surface area contributed by atoms with Crippen LogP contribution in [0, 0.1) is 6.92 Å². The average molecular weight is 316 g/mol. The first-order valence-corrected chi connectivity index (χ1v) is 8.41. The number of amides is 3. The molecule has 0 aromatic carbocycles. The molecular weight excluding hydrogens is 292 g/mol. The Morgan fingerprint density at radius 2 is 1.78 bits per heavy atom. The van der Waals surface area contributed by atoms with E-state index < -0.39 is 0 Å². The number of aryl methyl sites for hydroxylation is 1. The Morgan fingerprint density at radius 1 is 1.13 bits per heavy atom. The van der Waals surface area contributed by atoms with E-state index in [1.54, 1.807) is 18.3 Å². The van der Waals surface area contributed by atoms with Crippen molar-refractivity contribution in [1.29, 1.82) is 0 Å². The van der Waals surface area contributed by atoms with Gasteiger partial charge in [0.15, 0.2) is 0 Å². The molecule has 0 spiro atoms. The zero-order chi connectivity index (χ0) is 16.2. The van der Waals surface area contributed by atoms with Crippen molar-refractivity contribution in [2.24, 2.45) is 0 Å². The van der Waals surface area contributed by atoms with E-state index in [9.17, 15) is 9.59 Å². The number of carbonyl (C=O) groups is 2. The molecule has 1 aromatic rings. The van der Waals surface area contributed by atoms with Gasteiger partial charge >= 0.3 is 6.03 Å². The molecule has 6 heteroatoms. The summed E-state index contributed by atoms with van der Waals surface area (Å²) in [5.74, 6) is -0.0695. The second-order valence-electron chi connectivity index (χ2n) is 6.35. The lowest BCUT2D eigenvalue weighted by molar-refractivity contribution is 0.0911. The number of piperidine rings is 1. The molecule has 0 bridgehead atoms. The predicted octanol–water partition coefficient (Wildman–Crippen LogP) is 1.80. The first-order chi connectivity index (χ1) is 11.1. The summed E-state index contributed by atoms with van der Waals surface area (Å²) in [6.45, 7) is 5.04. The van der Waals surface area contributed by atoms with Gasteiger partial charge in [0.25, 0.3) is 5.91 Å². The fourth-order valence-corrected chi connectivity index (χ4v) is 3.31. The lowest BCUT2D eigenvalue weighted by Crippen LogP contribution is -2.50. The lowest BCUT2D eigenvalue weighted by atomic mass is 10.0. The molecule has 3 heterocycles. The minimum Gasteiger partial charge on any atom is -0.349 e. The number of likely N-dealkylation sites (tertiary alicyclic amines) is 2. The third-order valence-electron chi connectivity index (χ3n) is 4.73. The molecule has 3 rings (SSSR count). The van der Waals surface area contributed by atoms with Gasteiger partial charge < -0.3 is 15.1 Å². The molecule has 0 saturated carbocycles. The monoisotopic (exact) mass is 316 g/mol. The maximum absolute atomic E-state index is 12.4. The van der Waals surface area contributed by atoms with E-state index in [2.05, 4.69) is 10.3 Å². The molecule has 1 N–H and O–H groups in total. The molecule has 1 aromatic heterocycles. The molecule has 2 fully saturated rings. The minimum absolute atomic E-state index is 0.0695. The summed E-state index contributed by atoms with van der Waals surface area (Å²) < 4.78 is 0. The number of aromatic nitrogens is 1. The predicted molar refractivity (Wildman–Crippen MR) is 87.2 cm³/mol. The van der Waals surface area contributed by atoms with Crippen molar-refractivity contribution >= 4 is 11.9 Å². The maximum atomic E-state index is 12.4. The number of rotatable bonds is 2. The van der Waals surface area contributed by atoms with Crippen molar-refractivity contribution in [2.75, 3.05) is 26.2 Å². The van der Waals surface area contributed by atoms with Gasteiger partial charge in [-0.3, -0.25) is 9.78 Å². The molecular formula is C17H24N4O2. The summed E-state index contributed by atoms with van der Waals surface area (Å²) in [5, 5.41) is 3.07. The van der Waals surface area contributed by atoms with Crippen LogP contribution in [0.4, 0.5) is 4.79 Å². The molecule has 124 valence electrons. The second kappa shape index (κ2) is 6.98. The molecule has 2 saturated heterocycles. The molecule has 0 radical (unpaired) electrons. The zero-order valence-electron chi connectivity index (χ0n) is 13.6. The van der Waals surface area contributed by atoms with Crippen LogP contribution in [0.5, 0.6) is 0 Å². The van der Waals surface area contributed by atoms with E-state index in [1.165, 1.54) is 0 Å². The molecule has 0 atom stereocenters. The van der Waals surface area contributed by atoms with Crippen molar-refractivity contribution in [1.82, 2.24) is 20.1 Å². The van der Waals surface area contributed by atoms with Crippen molar-refractivity contribution in [3.8, 4) is 0 Å². The topological polar surface area (TPSA) is 65.5 Å². The number of pyridine rings is 1. The van der Waals surface area contributed by atoms with E-state index in [0.29, 0.717) is 18.7 Å². The van der Waals surface area contributed by atoms with Crippen LogP contribution >= 0.6 is 0 Å². The molecule has 2 aliphatic rings. The Bertz CT molecular complexity index is 576. The SMILES string of the molecule is Cc1ncccc1C(=O)NC1CCN(C(=O)N2CCCC2)CC1. The van der Waals surface area contributed by atoms with Crippen molar-refractivity contribution < 1.29 is 9.59 Å². The van der Waals surface area contributed by atoms with Gasteiger partial charge in [-0.2, -0.15) is 0 Å². The van der Waals surface area contributed by atoms with Gasteiger partial charge in [-0.25, -0.2) is 4.79 Å². The molecule has 23 heavy (non-hydrogen) atoms. The summed E-state index contributed by atoms with van der Waals surface area (Å²) in [6, 6.07) is 3.86. The van der Waals surface area contributed by atoms with Gasteiger partial charge in [0, 0.05) is 44.1 Å². The van der Waals surface area contributed by atoms with Gasteiger partial charge in [-0.1, -0.05) is 0 Å². The Labute approximate surface area is 136 Å². The summed E-state index contributed by atoms with van der Waals surface area (Å²) in [6.07, 6.45) is 5.54. The smallest absolute Gasteiger partial charge is 0.319 e. The van der Waals surface area contributed by atoms with Gasteiger partial charge in [0.2, 0.25) is 0 Å². The van der Waals surface area contributed by atoms with E-state index >= 15 is 0 Å². The Balaban J connectivity index is 1.50. The number of urea groups is 1. The fraction of sp³-hybridized carbons (Fsp3) is 0.588. The first kappa shape index (κ1) is 15.8. The van der Waals surface area contributed by atoms with Crippen molar-refractivity contribution in [2.45, 2.75) is 38.6 Å². The number of nitrogens with zero attached hydrogens (tertiary/aromatic N) is 3. The minimum atomic E-state index is -0.0695. The third-order valence-corrected chi connectivity index (χ3v) is 4.73. The quantitative estimate of drug-likeness (QED) is 0.905. The average Bonchev–Trinajstić information content (AvgIpc) is 3.09. The number of hydrogen-bond acceptors (Lipinski definition) is 3. The highest BCUT2D eigenvalue weighted by atomic mass is 16.2. The van der Waals surface area contributed by atoms with Crippen molar-refractivity contribution in [3.63, 3.8) is 0 Å². The van der Waals surface area contributed by atoms with Crippen LogP contribution < -0.4 is 5.32 Å². The van der Waals surface area contributed by atoms with Crippen LogP contribution in [0.25, 0.3) is 0 Å². The number of carbonyl (C=O) groups excluding carboxylic acids is 2. The molecule has 0 unspecified atom stereocenters. The second-order valence-corrected chi connectivity index (χ2v) is 6.35. The third kappa shape index (κ3) is 3.63. The highest BCUT2D eigenvalue weighted by Crippen LogP contribution is 2.16. The van der Waals surface area contributed by atoms with Crippen LogP contribution in [0.15, 0.2) is 18.3 Å². The number of hydrogen-bond donors (Lipinski definition) is 1. The van der Waals surface area contributed by atoms with Crippen LogP contribution in [-0.4, -0.2) is 58.9 Å². The van der Waals surface area contributed by atoms with Crippen LogP contribution in [0.1, 0.15) is 41.7 Å². The van der Waals surface area contributed by atoms with Crippen LogP contribution in [0.3, 0.4) is 0 Å². The summed E-state index contributed by atoms with van der Waals surface area (Å²) in [4.78, 5) is 32.7. The standard InChI is InChI=1S/C17H24N4O2/c1-13-15(5-4-8-18-13)16(22)19-14-6-11-21(12-7-14)17(23)20-9-2-3-10-20/h4-5,8,14H,2-3,6-7,9-12H2,1H3,(H,19,22). The van der Waals surface area contributed by atoms with E-state index in [-0.39, 0.29) is 18.0 Å². The molecule has 0 aliphatic carbocycles. The summed E-state index contributed by atoms with van der Waals surface area (Å²) in [5.41, 5.74) is 1.37. The van der Waals surface area contributed by atoms with E-state index in [4.69, 9.17) is 0 Å². The van der Waals surface area contributed by atoms with Crippen molar-refractivity contribution in [3.05, 3.63) is 29.6 Å². The first-order valence-electron chi connectivity index (χ1n) is 8.41.